The molecule has 0 saturated carbocycles. The molecule has 1 amide bonds. The minimum absolute atomic E-state index is 0.0896. The molecule has 1 fully saturated rings. The van der Waals surface area contributed by atoms with Crippen LogP contribution in [0.3, 0.4) is 0 Å². The Balaban J connectivity index is 1.44. The van der Waals surface area contributed by atoms with Gasteiger partial charge in [0.25, 0.3) is 5.91 Å². The van der Waals surface area contributed by atoms with E-state index in [1.807, 2.05) is 53.4 Å². The number of carbonyl (C=O) groups is 1. The Morgan fingerprint density at radius 2 is 1.71 bits per heavy atom. The van der Waals surface area contributed by atoms with Gasteiger partial charge >= 0.3 is 0 Å². The van der Waals surface area contributed by atoms with Crippen molar-refractivity contribution in [2.75, 3.05) is 31.1 Å². The van der Waals surface area contributed by atoms with E-state index in [9.17, 15) is 4.79 Å². The minimum Gasteiger partial charge on any atom is -0.339 e. The molecule has 1 aliphatic heterocycles. The van der Waals surface area contributed by atoms with Gasteiger partial charge < -0.3 is 14.8 Å². The molecule has 1 aromatic heterocycles. The van der Waals surface area contributed by atoms with Gasteiger partial charge in [-0.25, -0.2) is 4.98 Å². The monoisotopic (exact) mass is 384 g/mol. The number of hydrogen-bond acceptors (Lipinski definition) is 3. The smallest absolute Gasteiger partial charge is 0.253 e. The maximum Gasteiger partial charge on any atom is 0.253 e. The molecule has 1 N–H and O–H groups in total. The molecule has 0 spiro atoms. The number of para-hydroxylation sites is 2. The van der Waals surface area contributed by atoms with Gasteiger partial charge in [-0.1, -0.05) is 28.1 Å². The highest BCUT2D eigenvalue weighted by Gasteiger charge is 2.23. The van der Waals surface area contributed by atoms with E-state index < -0.39 is 0 Å². The summed E-state index contributed by atoms with van der Waals surface area (Å²) >= 11 is 3.40. The molecule has 2 aromatic carbocycles. The SMILES string of the molecule is O=C(c1ccc(Br)cc1)N1CCN(c2nc3ccccc3[nH]2)CC1. The highest BCUT2D eigenvalue weighted by Crippen LogP contribution is 2.19. The third-order valence-electron chi connectivity index (χ3n) is 4.33. The number of benzene rings is 2. The van der Waals surface area contributed by atoms with Crippen LogP contribution >= 0.6 is 15.9 Å². The second-order valence-electron chi connectivity index (χ2n) is 5.86. The third kappa shape index (κ3) is 2.89. The van der Waals surface area contributed by atoms with E-state index in [1.54, 1.807) is 0 Å². The Kier molecular flexibility index (Phi) is 3.98. The fraction of sp³-hybridized carbons (Fsp3) is 0.222. The molecule has 5 nitrogen and oxygen atoms in total. The number of rotatable bonds is 2. The summed E-state index contributed by atoms with van der Waals surface area (Å²) < 4.78 is 0.980. The summed E-state index contributed by atoms with van der Waals surface area (Å²) in [7, 11) is 0. The molecule has 0 unspecified atom stereocenters. The normalized spacial score (nSPS) is 15.0. The zero-order valence-corrected chi connectivity index (χ0v) is 14.7. The lowest BCUT2D eigenvalue weighted by Crippen LogP contribution is -2.49. The Bertz CT molecular complexity index is 833. The number of carbonyl (C=O) groups excluding carboxylic acids is 1. The molecule has 2 heterocycles. The molecule has 0 atom stereocenters. The van der Waals surface area contributed by atoms with Gasteiger partial charge in [-0.3, -0.25) is 4.79 Å². The fourth-order valence-corrected chi connectivity index (χ4v) is 3.25. The van der Waals surface area contributed by atoms with Gasteiger partial charge in [-0.15, -0.1) is 0 Å². The van der Waals surface area contributed by atoms with Crippen LogP contribution in [0.25, 0.3) is 11.0 Å². The second kappa shape index (κ2) is 6.28. The maximum absolute atomic E-state index is 12.6. The molecule has 1 aliphatic rings. The van der Waals surface area contributed by atoms with Crippen LogP contribution in [0, 0.1) is 0 Å². The van der Waals surface area contributed by atoms with Gasteiger partial charge in [0.2, 0.25) is 5.95 Å². The van der Waals surface area contributed by atoms with E-state index in [4.69, 9.17) is 0 Å². The second-order valence-corrected chi connectivity index (χ2v) is 6.78. The summed E-state index contributed by atoms with van der Waals surface area (Å²) in [6.45, 7) is 2.96. The van der Waals surface area contributed by atoms with E-state index in [1.165, 1.54) is 0 Å². The summed E-state index contributed by atoms with van der Waals surface area (Å²) in [5.41, 5.74) is 2.75. The average Bonchev–Trinajstić information content (AvgIpc) is 3.06. The highest BCUT2D eigenvalue weighted by atomic mass is 79.9. The lowest BCUT2D eigenvalue weighted by atomic mass is 10.2. The summed E-state index contributed by atoms with van der Waals surface area (Å²) in [6, 6.07) is 15.5. The number of piperazine rings is 1. The molecule has 4 rings (SSSR count). The summed E-state index contributed by atoms with van der Waals surface area (Å²) in [4.78, 5) is 24.7. The van der Waals surface area contributed by atoms with Crippen molar-refractivity contribution in [3.05, 3.63) is 58.6 Å². The van der Waals surface area contributed by atoms with Crippen molar-refractivity contribution in [2.45, 2.75) is 0 Å². The lowest BCUT2D eigenvalue weighted by Gasteiger charge is -2.34. The zero-order chi connectivity index (χ0) is 16.5. The number of anilines is 1. The van der Waals surface area contributed by atoms with Gasteiger partial charge in [-0.05, 0) is 36.4 Å². The van der Waals surface area contributed by atoms with Crippen molar-refractivity contribution in [1.82, 2.24) is 14.9 Å². The van der Waals surface area contributed by atoms with Crippen molar-refractivity contribution < 1.29 is 4.79 Å². The number of hydrogen-bond donors (Lipinski definition) is 1. The molecular weight excluding hydrogens is 368 g/mol. The number of aromatic amines is 1. The molecule has 24 heavy (non-hydrogen) atoms. The van der Waals surface area contributed by atoms with Crippen molar-refractivity contribution in [3.63, 3.8) is 0 Å². The largest absolute Gasteiger partial charge is 0.339 e. The summed E-state index contributed by atoms with van der Waals surface area (Å²) in [5, 5.41) is 0. The number of imidazole rings is 1. The Morgan fingerprint density at radius 3 is 2.42 bits per heavy atom. The van der Waals surface area contributed by atoms with Crippen LogP contribution in [-0.4, -0.2) is 47.0 Å². The third-order valence-corrected chi connectivity index (χ3v) is 4.86. The predicted molar refractivity (Wildman–Crippen MR) is 98.4 cm³/mol. The minimum atomic E-state index is 0.0896. The number of nitrogens with zero attached hydrogens (tertiary/aromatic N) is 3. The standard InChI is InChI=1S/C18H17BrN4O/c19-14-7-5-13(6-8-14)17(24)22-9-11-23(12-10-22)18-20-15-3-1-2-4-16(15)21-18/h1-8H,9-12H2,(H,20,21). The molecule has 0 radical (unpaired) electrons. The maximum atomic E-state index is 12.6. The Hall–Kier alpha value is -2.34. The van der Waals surface area contributed by atoms with Gasteiger partial charge in [0.05, 0.1) is 11.0 Å². The topological polar surface area (TPSA) is 52.2 Å². The fourth-order valence-electron chi connectivity index (χ4n) is 2.99. The lowest BCUT2D eigenvalue weighted by molar-refractivity contribution is 0.0746. The van der Waals surface area contributed by atoms with E-state index in [0.717, 1.165) is 40.1 Å². The first-order chi connectivity index (χ1) is 11.7. The molecule has 0 aliphatic carbocycles. The van der Waals surface area contributed by atoms with Gasteiger partial charge in [0, 0.05) is 36.2 Å². The predicted octanol–water partition coefficient (Wildman–Crippen LogP) is 3.29. The molecular formula is C18H17BrN4O. The van der Waals surface area contributed by atoms with Crippen LogP contribution in [0.5, 0.6) is 0 Å². The van der Waals surface area contributed by atoms with Crippen molar-refractivity contribution >= 4 is 38.8 Å². The number of aromatic nitrogens is 2. The van der Waals surface area contributed by atoms with Gasteiger partial charge in [0.1, 0.15) is 0 Å². The van der Waals surface area contributed by atoms with Crippen LogP contribution in [-0.2, 0) is 0 Å². The Morgan fingerprint density at radius 1 is 1.00 bits per heavy atom. The van der Waals surface area contributed by atoms with Gasteiger partial charge in [-0.2, -0.15) is 0 Å². The first-order valence-electron chi connectivity index (χ1n) is 7.95. The number of fused-ring (bicyclic) bond motifs is 1. The summed E-state index contributed by atoms with van der Waals surface area (Å²) in [6.07, 6.45) is 0. The average molecular weight is 385 g/mol. The van der Waals surface area contributed by atoms with E-state index >= 15 is 0 Å². The van der Waals surface area contributed by atoms with Crippen molar-refractivity contribution in [3.8, 4) is 0 Å². The van der Waals surface area contributed by atoms with Gasteiger partial charge in [0.15, 0.2) is 0 Å². The van der Waals surface area contributed by atoms with Crippen LogP contribution in [0.2, 0.25) is 0 Å². The number of amides is 1. The molecule has 3 aromatic rings. The van der Waals surface area contributed by atoms with E-state index in [-0.39, 0.29) is 5.91 Å². The van der Waals surface area contributed by atoms with E-state index in [2.05, 4.69) is 30.8 Å². The van der Waals surface area contributed by atoms with Crippen molar-refractivity contribution in [1.29, 1.82) is 0 Å². The van der Waals surface area contributed by atoms with E-state index in [0.29, 0.717) is 13.1 Å². The molecule has 122 valence electrons. The molecule has 1 saturated heterocycles. The molecule has 0 bridgehead atoms. The number of H-pyrrole nitrogens is 1. The Labute approximate surface area is 148 Å². The highest BCUT2D eigenvalue weighted by molar-refractivity contribution is 9.10. The number of nitrogens with one attached hydrogen (secondary N) is 1. The molecule has 6 heteroatoms. The van der Waals surface area contributed by atoms with Crippen molar-refractivity contribution in [2.24, 2.45) is 0 Å². The first kappa shape index (κ1) is 15.2. The van der Waals surface area contributed by atoms with Crippen LogP contribution in [0.4, 0.5) is 5.95 Å². The van der Waals surface area contributed by atoms with Crippen LogP contribution < -0.4 is 4.90 Å². The number of halogens is 1. The quantitative estimate of drug-likeness (QED) is 0.737. The summed E-state index contributed by atoms with van der Waals surface area (Å²) in [5.74, 6) is 0.971. The first-order valence-corrected chi connectivity index (χ1v) is 8.74. The zero-order valence-electron chi connectivity index (χ0n) is 13.1. The van der Waals surface area contributed by atoms with Crippen LogP contribution in [0.1, 0.15) is 10.4 Å². The van der Waals surface area contributed by atoms with Crippen LogP contribution in [0.15, 0.2) is 53.0 Å².